The average Bonchev–Trinajstić information content (AvgIpc) is 3.29. The second-order valence-corrected chi connectivity index (χ2v) is 6.49. The molecule has 0 aliphatic heterocycles. The zero-order valence-electron chi connectivity index (χ0n) is 15.6. The van der Waals surface area contributed by atoms with Crippen LogP contribution in [-0.4, -0.2) is 48.4 Å². The minimum Gasteiger partial charge on any atom is -0.363 e. The Morgan fingerprint density at radius 1 is 1.22 bits per heavy atom. The summed E-state index contributed by atoms with van der Waals surface area (Å²) in [4.78, 5) is 26.6. The fourth-order valence-electron chi connectivity index (χ4n) is 3.06. The topological polar surface area (TPSA) is 97.0 Å². The summed E-state index contributed by atoms with van der Waals surface area (Å²) >= 11 is 0. The predicted octanol–water partition coefficient (Wildman–Crippen LogP) is 1.60. The van der Waals surface area contributed by atoms with Gasteiger partial charge in [-0.2, -0.15) is 19.7 Å². The Hall–Kier alpha value is -3.49. The molecule has 4 rings (SSSR count). The number of aromatic amines is 1. The third-order valence-corrected chi connectivity index (χ3v) is 4.52. The Bertz CT molecular complexity index is 1180. The SMILES string of the molecule is CCc1c(C)[nH]c2c(-c3cnn(-c4nccc(N(C)C)n4)c3)cnn2c1=O. The van der Waals surface area contributed by atoms with E-state index in [1.54, 1.807) is 23.3 Å². The van der Waals surface area contributed by atoms with Crippen molar-refractivity contribution in [3.8, 4) is 17.1 Å². The maximum atomic E-state index is 12.6. The molecule has 0 amide bonds. The lowest BCUT2D eigenvalue weighted by atomic mass is 10.1. The smallest absolute Gasteiger partial charge is 0.277 e. The van der Waals surface area contributed by atoms with Gasteiger partial charge in [0.25, 0.3) is 11.5 Å². The summed E-state index contributed by atoms with van der Waals surface area (Å²) in [6, 6.07) is 1.83. The molecule has 138 valence electrons. The fourth-order valence-corrected chi connectivity index (χ4v) is 3.06. The van der Waals surface area contributed by atoms with Crippen LogP contribution >= 0.6 is 0 Å². The predicted molar refractivity (Wildman–Crippen MR) is 102 cm³/mol. The van der Waals surface area contributed by atoms with Crippen molar-refractivity contribution in [2.24, 2.45) is 0 Å². The molecule has 0 radical (unpaired) electrons. The number of H-pyrrole nitrogens is 1. The summed E-state index contributed by atoms with van der Waals surface area (Å²) < 4.78 is 3.01. The number of hydrogen-bond acceptors (Lipinski definition) is 6. The van der Waals surface area contributed by atoms with Crippen LogP contribution < -0.4 is 10.5 Å². The Morgan fingerprint density at radius 2 is 2.04 bits per heavy atom. The van der Waals surface area contributed by atoms with Gasteiger partial charge in [0.05, 0.1) is 12.4 Å². The van der Waals surface area contributed by atoms with Gasteiger partial charge < -0.3 is 9.88 Å². The van der Waals surface area contributed by atoms with Crippen molar-refractivity contribution in [1.29, 1.82) is 0 Å². The van der Waals surface area contributed by atoms with Crippen molar-refractivity contribution in [1.82, 2.24) is 34.3 Å². The average molecular weight is 364 g/mol. The molecule has 0 fully saturated rings. The van der Waals surface area contributed by atoms with Crippen LogP contribution in [-0.2, 0) is 6.42 Å². The van der Waals surface area contributed by atoms with E-state index in [0.717, 1.165) is 28.2 Å². The third kappa shape index (κ3) is 2.77. The van der Waals surface area contributed by atoms with Crippen molar-refractivity contribution in [3.63, 3.8) is 0 Å². The van der Waals surface area contributed by atoms with Crippen LogP contribution in [0.25, 0.3) is 22.7 Å². The number of rotatable bonds is 4. The van der Waals surface area contributed by atoms with Crippen LogP contribution in [0.15, 0.2) is 35.6 Å². The zero-order chi connectivity index (χ0) is 19.1. The first-order valence-electron chi connectivity index (χ1n) is 8.65. The van der Waals surface area contributed by atoms with E-state index in [0.29, 0.717) is 18.0 Å². The number of fused-ring (bicyclic) bond motifs is 1. The first-order chi connectivity index (χ1) is 13.0. The molecule has 1 N–H and O–H groups in total. The lowest BCUT2D eigenvalue weighted by molar-refractivity contribution is 0.804. The van der Waals surface area contributed by atoms with Gasteiger partial charge in [0.15, 0.2) is 0 Å². The molecule has 4 aromatic rings. The Labute approximate surface area is 155 Å². The first kappa shape index (κ1) is 17.0. The molecule has 4 aromatic heterocycles. The van der Waals surface area contributed by atoms with Gasteiger partial charge in [-0.3, -0.25) is 4.79 Å². The van der Waals surface area contributed by atoms with Crippen molar-refractivity contribution in [2.75, 3.05) is 19.0 Å². The number of anilines is 1. The zero-order valence-corrected chi connectivity index (χ0v) is 15.6. The maximum Gasteiger partial charge on any atom is 0.277 e. The van der Waals surface area contributed by atoms with Gasteiger partial charge in [0.1, 0.15) is 11.5 Å². The fraction of sp³-hybridized carbons (Fsp3) is 0.278. The first-order valence-corrected chi connectivity index (χ1v) is 8.65. The molecule has 0 aromatic carbocycles. The van der Waals surface area contributed by atoms with Crippen molar-refractivity contribution in [2.45, 2.75) is 20.3 Å². The summed E-state index contributed by atoms with van der Waals surface area (Å²) in [6.07, 6.45) is 7.56. The van der Waals surface area contributed by atoms with E-state index in [1.807, 2.05) is 45.1 Å². The van der Waals surface area contributed by atoms with Crippen LogP contribution in [0.3, 0.4) is 0 Å². The number of aryl methyl sites for hydroxylation is 1. The van der Waals surface area contributed by atoms with Gasteiger partial charge in [-0.1, -0.05) is 6.92 Å². The standard InChI is InChI=1S/C18H20N8O/c1-5-13-11(2)22-16-14(9-21-26(16)17(13)27)12-8-20-25(10-12)18-19-7-6-15(23-18)24(3)4/h6-10,22H,5H2,1-4H3. The molecular weight excluding hydrogens is 344 g/mol. The van der Waals surface area contributed by atoms with E-state index in [2.05, 4.69) is 25.1 Å². The van der Waals surface area contributed by atoms with E-state index in [4.69, 9.17) is 0 Å². The molecule has 4 heterocycles. The number of hydrogen-bond donors (Lipinski definition) is 1. The van der Waals surface area contributed by atoms with Crippen LogP contribution in [0.4, 0.5) is 5.82 Å². The second-order valence-electron chi connectivity index (χ2n) is 6.49. The Morgan fingerprint density at radius 3 is 2.78 bits per heavy atom. The highest BCUT2D eigenvalue weighted by molar-refractivity contribution is 5.76. The summed E-state index contributed by atoms with van der Waals surface area (Å²) in [5.74, 6) is 1.27. The molecule has 0 aliphatic rings. The third-order valence-electron chi connectivity index (χ3n) is 4.52. The number of nitrogens with zero attached hydrogens (tertiary/aromatic N) is 7. The van der Waals surface area contributed by atoms with Crippen LogP contribution in [0.1, 0.15) is 18.2 Å². The molecule has 0 atom stereocenters. The monoisotopic (exact) mass is 364 g/mol. The molecule has 0 bridgehead atoms. The largest absolute Gasteiger partial charge is 0.363 e. The highest BCUT2D eigenvalue weighted by atomic mass is 16.1. The molecule has 0 saturated carbocycles. The quantitative estimate of drug-likeness (QED) is 0.591. The molecule has 9 heteroatoms. The summed E-state index contributed by atoms with van der Waals surface area (Å²) in [7, 11) is 3.84. The van der Waals surface area contributed by atoms with Crippen LogP contribution in [0.2, 0.25) is 0 Å². The summed E-state index contributed by atoms with van der Waals surface area (Å²) in [5.41, 5.74) is 3.77. The van der Waals surface area contributed by atoms with Crippen LogP contribution in [0.5, 0.6) is 0 Å². The van der Waals surface area contributed by atoms with E-state index in [-0.39, 0.29) is 5.56 Å². The molecule has 0 saturated heterocycles. The van der Waals surface area contributed by atoms with Gasteiger partial charge in [-0.05, 0) is 19.4 Å². The van der Waals surface area contributed by atoms with Gasteiger partial charge in [0.2, 0.25) is 0 Å². The molecule has 0 aliphatic carbocycles. The highest BCUT2D eigenvalue weighted by Crippen LogP contribution is 2.23. The summed E-state index contributed by atoms with van der Waals surface area (Å²) in [6.45, 7) is 3.86. The Balaban J connectivity index is 1.80. The molecule has 0 spiro atoms. The van der Waals surface area contributed by atoms with Gasteiger partial charge in [-0.15, -0.1) is 0 Å². The van der Waals surface area contributed by atoms with E-state index in [9.17, 15) is 4.79 Å². The maximum absolute atomic E-state index is 12.6. The Kier molecular flexibility index (Phi) is 3.98. The van der Waals surface area contributed by atoms with Gasteiger partial charge >= 0.3 is 0 Å². The summed E-state index contributed by atoms with van der Waals surface area (Å²) in [5, 5.41) is 8.63. The van der Waals surface area contributed by atoms with E-state index >= 15 is 0 Å². The lowest BCUT2D eigenvalue weighted by Crippen LogP contribution is -2.21. The van der Waals surface area contributed by atoms with E-state index in [1.165, 1.54) is 4.52 Å². The molecule has 27 heavy (non-hydrogen) atoms. The number of nitrogens with one attached hydrogen (secondary N) is 1. The van der Waals surface area contributed by atoms with Gasteiger partial charge in [0, 0.05) is 48.9 Å². The molecule has 9 nitrogen and oxygen atoms in total. The highest BCUT2D eigenvalue weighted by Gasteiger charge is 2.15. The van der Waals surface area contributed by atoms with Gasteiger partial charge in [-0.25, -0.2) is 9.67 Å². The number of aromatic nitrogens is 7. The van der Waals surface area contributed by atoms with Crippen LogP contribution in [0, 0.1) is 6.92 Å². The lowest BCUT2D eigenvalue weighted by Gasteiger charge is -2.11. The minimum absolute atomic E-state index is 0.0931. The second kappa shape index (κ2) is 6.35. The minimum atomic E-state index is -0.0931. The normalized spacial score (nSPS) is 11.3. The van der Waals surface area contributed by atoms with Crippen molar-refractivity contribution in [3.05, 3.63) is 52.5 Å². The molecular formula is C18H20N8O. The van der Waals surface area contributed by atoms with Crippen molar-refractivity contribution >= 4 is 11.5 Å². The van der Waals surface area contributed by atoms with Crippen molar-refractivity contribution < 1.29 is 0 Å². The van der Waals surface area contributed by atoms with E-state index < -0.39 is 0 Å². The molecule has 0 unspecified atom stereocenters.